The van der Waals surface area contributed by atoms with E-state index in [0.717, 1.165) is 68.9 Å². The Hall–Kier alpha value is -3.03. The topological polar surface area (TPSA) is 128 Å². The van der Waals surface area contributed by atoms with E-state index in [-0.39, 0.29) is 76.5 Å². The van der Waals surface area contributed by atoms with Gasteiger partial charge < -0.3 is 30.1 Å². The number of anilines is 1. The highest BCUT2D eigenvalue weighted by molar-refractivity contribution is 5.84. The molecule has 8 aliphatic rings. The number of hydrogen-bond donors (Lipinski definition) is 4. The maximum Gasteiger partial charge on any atom is 0.303 e. The molecule has 4 N–H and O–H groups in total. The summed E-state index contributed by atoms with van der Waals surface area (Å²) >= 11 is 0. The fraction of sp³-hybridized carbons (Fsp3) is 0.741. The number of fused-ring (bicyclic) bond motifs is 9. The molecule has 16 atom stereocenters. The minimum absolute atomic E-state index is 0.0119. The zero-order chi connectivity index (χ0) is 44.8. The van der Waals surface area contributed by atoms with Gasteiger partial charge in [-0.3, -0.25) is 9.59 Å². The Bertz CT molecular complexity index is 2100. The van der Waals surface area contributed by atoms with E-state index in [9.17, 15) is 30.0 Å². The summed E-state index contributed by atoms with van der Waals surface area (Å²) in [4.78, 5) is 25.9. The molecule has 7 saturated carbocycles. The monoisotopic (exact) mass is 868 g/mol. The van der Waals surface area contributed by atoms with Gasteiger partial charge >= 0.3 is 5.97 Å². The highest BCUT2D eigenvalue weighted by Crippen LogP contribution is 2.69. The zero-order valence-electron chi connectivity index (χ0n) is 38.8. The minimum atomic E-state index is -1.09. The Morgan fingerprint density at radius 2 is 1.83 bits per heavy atom. The van der Waals surface area contributed by atoms with Crippen molar-refractivity contribution < 1.29 is 39.1 Å². The number of likely N-dealkylation sites (N-methyl/N-ethyl adjacent to an activating group) is 1. The van der Waals surface area contributed by atoms with Gasteiger partial charge in [-0.25, -0.2) is 4.39 Å². The number of carboxylic acids is 1. The molecule has 9 rings (SSSR count). The highest BCUT2D eigenvalue weighted by Gasteiger charge is 2.66. The molecule has 0 aliphatic heterocycles. The van der Waals surface area contributed by atoms with Crippen molar-refractivity contribution in [3.8, 4) is 11.8 Å². The third-order valence-corrected chi connectivity index (χ3v) is 20.1. The second-order valence-electron chi connectivity index (χ2n) is 22.7. The lowest BCUT2D eigenvalue weighted by Gasteiger charge is -2.63. The van der Waals surface area contributed by atoms with Gasteiger partial charge in [0, 0.05) is 44.2 Å². The van der Waals surface area contributed by atoms with Gasteiger partial charge in [0.05, 0.1) is 30.6 Å². The van der Waals surface area contributed by atoms with E-state index in [2.05, 4.69) is 51.7 Å². The Morgan fingerprint density at radius 1 is 1.03 bits per heavy atom. The number of aliphatic hydroxyl groups is 3. The standard InChI is InChI=1S/C54H74FNO7/c1-7-20-54(62)22-19-41-38-12-9-32-25-35(57)11-13-37(32)49(38)39(30-52(41,54)4)33-10-16-45(44(55)26-33)56(6)23-24-63-36-18-21-51(3)34(27-36)28-46(58)50-42-15-14-40(31(2)8-17-48(60)61)53(42,5)47(59)29-43(50)51/h9-10,16,26,31,34,36,38-43,46-47,50,58-59,62H,8,11-15,17-19,21-25,27-30H2,1-6H3,(H,60,61)/t31-,34+,36+,38?,39-,40-,41?,42+,43+,46-,47+,50+,51+,52+,53-,54+/m1/s1. The van der Waals surface area contributed by atoms with Crippen molar-refractivity contribution in [3.05, 3.63) is 52.4 Å². The first kappa shape index (κ1) is 45.1. The molecule has 63 heavy (non-hydrogen) atoms. The Balaban J connectivity index is 0.855. The predicted molar refractivity (Wildman–Crippen MR) is 242 cm³/mol. The average molecular weight is 868 g/mol. The van der Waals surface area contributed by atoms with E-state index in [4.69, 9.17) is 4.74 Å². The van der Waals surface area contributed by atoms with Crippen molar-refractivity contribution >= 4 is 17.4 Å². The van der Waals surface area contributed by atoms with Gasteiger partial charge in [0.25, 0.3) is 0 Å². The quantitative estimate of drug-likeness (QED) is 0.172. The Labute approximate surface area is 375 Å². The summed E-state index contributed by atoms with van der Waals surface area (Å²) in [6, 6.07) is 5.71. The van der Waals surface area contributed by atoms with Crippen LogP contribution in [0, 0.1) is 81.2 Å². The van der Waals surface area contributed by atoms with Crippen LogP contribution in [-0.4, -0.2) is 76.3 Å². The van der Waals surface area contributed by atoms with Crippen LogP contribution in [0.15, 0.2) is 41.0 Å². The second kappa shape index (κ2) is 16.7. The normalized spacial score (nSPS) is 43.2. The first-order valence-electron chi connectivity index (χ1n) is 24.7. The van der Waals surface area contributed by atoms with Crippen molar-refractivity contribution in [2.24, 2.45) is 63.6 Å². The minimum Gasteiger partial charge on any atom is -0.481 e. The number of carboxylic acid groups (broad SMARTS) is 1. The molecule has 344 valence electrons. The second-order valence-corrected chi connectivity index (χ2v) is 22.7. The maximum atomic E-state index is 16.5. The largest absolute Gasteiger partial charge is 0.481 e. The molecule has 0 bridgehead atoms. The zero-order valence-corrected chi connectivity index (χ0v) is 38.8. The molecule has 7 fully saturated rings. The lowest BCUT2D eigenvalue weighted by atomic mass is 9.43. The summed E-state index contributed by atoms with van der Waals surface area (Å²) in [5, 5.41) is 45.3. The lowest BCUT2D eigenvalue weighted by molar-refractivity contribution is -0.209. The first-order chi connectivity index (χ1) is 29.9. The van der Waals surface area contributed by atoms with Crippen LogP contribution in [0.5, 0.6) is 0 Å². The maximum absolute atomic E-state index is 16.5. The number of aliphatic carboxylic acids is 1. The number of rotatable bonds is 10. The van der Waals surface area contributed by atoms with Crippen LogP contribution in [0.4, 0.5) is 10.1 Å². The summed E-state index contributed by atoms with van der Waals surface area (Å²) in [5.41, 5.74) is 3.48. The lowest BCUT2D eigenvalue weighted by Crippen LogP contribution is -2.62. The van der Waals surface area contributed by atoms with Gasteiger partial charge in [-0.05, 0) is 177 Å². The van der Waals surface area contributed by atoms with Crippen molar-refractivity contribution in [3.63, 3.8) is 0 Å². The molecule has 0 radical (unpaired) electrons. The van der Waals surface area contributed by atoms with Gasteiger partial charge in [-0.15, -0.1) is 5.92 Å². The SMILES string of the molecule is CC#C[C@]1(O)CCC2C3CC=C4CC(=O)CCC4=C3[C@@H](c3ccc(N(C)CCO[C@H]4CC[C@@]5(C)[C@@H](C4)C[C@@H](O)[C@@H]4[C@@H]5C[C@H](O)[C@]5(C)[C@@H]([C@H](C)CCC(=O)O)CC[C@@H]45)c(F)c3)C[C@@]21C. The number of ether oxygens (including phenoxy) is 1. The van der Waals surface area contributed by atoms with E-state index in [1.807, 2.05) is 18.0 Å². The molecule has 1 aromatic rings. The molecule has 0 amide bonds. The fourth-order valence-corrected chi connectivity index (χ4v) is 16.7. The summed E-state index contributed by atoms with van der Waals surface area (Å²) in [6.07, 6.45) is 13.3. The number of ketones is 1. The van der Waals surface area contributed by atoms with Crippen molar-refractivity contribution in [1.82, 2.24) is 0 Å². The van der Waals surface area contributed by atoms with Crippen LogP contribution in [0.1, 0.15) is 149 Å². The number of nitrogens with zero attached hydrogens (tertiary/aromatic N) is 1. The molecule has 8 aliphatic carbocycles. The third kappa shape index (κ3) is 7.30. The molecular formula is C54H74FNO7. The molecule has 0 aromatic heterocycles. The summed E-state index contributed by atoms with van der Waals surface area (Å²) in [6.45, 7) is 11.8. The number of carbonyl (C=O) groups is 2. The van der Waals surface area contributed by atoms with Gasteiger partial charge in [-0.2, -0.15) is 0 Å². The first-order valence-corrected chi connectivity index (χ1v) is 24.7. The Morgan fingerprint density at radius 3 is 2.57 bits per heavy atom. The van der Waals surface area contributed by atoms with Crippen molar-refractivity contribution in [2.75, 3.05) is 25.1 Å². The van der Waals surface area contributed by atoms with E-state index < -0.39 is 29.2 Å². The predicted octanol–water partition coefficient (Wildman–Crippen LogP) is 9.40. The molecular weight excluding hydrogens is 794 g/mol. The molecule has 2 unspecified atom stereocenters. The van der Waals surface area contributed by atoms with E-state index in [0.29, 0.717) is 69.1 Å². The van der Waals surface area contributed by atoms with E-state index >= 15 is 4.39 Å². The van der Waals surface area contributed by atoms with Crippen molar-refractivity contribution in [2.45, 2.75) is 167 Å². The van der Waals surface area contributed by atoms with Gasteiger partial charge in [0.15, 0.2) is 0 Å². The number of aliphatic hydroxyl groups excluding tert-OH is 2. The summed E-state index contributed by atoms with van der Waals surface area (Å²) < 4.78 is 23.0. The number of benzene rings is 1. The van der Waals surface area contributed by atoms with Crippen LogP contribution >= 0.6 is 0 Å². The smallest absolute Gasteiger partial charge is 0.303 e. The molecule has 8 nitrogen and oxygen atoms in total. The number of hydrogen-bond acceptors (Lipinski definition) is 7. The van der Waals surface area contributed by atoms with Gasteiger partial charge in [0.2, 0.25) is 0 Å². The van der Waals surface area contributed by atoms with Gasteiger partial charge in [0.1, 0.15) is 17.2 Å². The van der Waals surface area contributed by atoms with Crippen LogP contribution in [0.2, 0.25) is 0 Å². The van der Waals surface area contributed by atoms with Gasteiger partial charge in [-0.1, -0.05) is 51.3 Å². The molecule has 0 spiro atoms. The number of carbonyl (C=O) groups excluding carboxylic acids is 1. The summed E-state index contributed by atoms with van der Waals surface area (Å²) in [7, 11) is 1.92. The molecule has 9 heteroatoms. The molecule has 0 heterocycles. The fourth-order valence-electron chi connectivity index (χ4n) is 16.7. The Kier molecular flexibility index (Phi) is 12.0. The number of halogens is 1. The highest BCUT2D eigenvalue weighted by atomic mass is 19.1. The van der Waals surface area contributed by atoms with Crippen LogP contribution in [0.25, 0.3) is 0 Å². The molecule has 1 aromatic carbocycles. The number of allylic oxidation sites excluding steroid dienone is 4. The van der Waals surface area contributed by atoms with Crippen molar-refractivity contribution in [1.29, 1.82) is 0 Å². The van der Waals surface area contributed by atoms with Crippen LogP contribution in [0.3, 0.4) is 0 Å². The van der Waals surface area contributed by atoms with E-state index in [1.54, 1.807) is 13.0 Å². The number of Topliss-reactive ketones (excluding diaryl/α,β-unsaturated/α-hetero) is 1. The summed E-state index contributed by atoms with van der Waals surface area (Å²) in [5.74, 6) is 7.35. The van der Waals surface area contributed by atoms with E-state index in [1.165, 1.54) is 11.1 Å². The third-order valence-electron chi connectivity index (χ3n) is 20.1. The van der Waals surface area contributed by atoms with Crippen LogP contribution in [-0.2, 0) is 14.3 Å². The molecule has 0 saturated heterocycles. The van der Waals surface area contributed by atoms with Crippen LogP contribution < -0.4 is 4.90 Å². The average Bonchev–Trinajstić information content (AvgIpc) is 3.73.